The Labute approximate surface area is 247 Å². The van der Waals surface area contributed by atoms with Crippen LogP contribution in [0.4, 0.5) is 5.82 Å². The van der Waals surface area contributed by atoms with Crippen LogP contribution in [-0.4, -0.2) is 57.7 Å². The molecule has 0 saturated heterocycles. The van der Waals surface area contributed by atoms with Crippen molar-refractivity contribution in [1.82, 2.24) is 19.7 Å². The predicted octanol–water partition coefficient (Wildman–Crippen LogP) is 6.46. The van der Waals surface area contributed by atoms with Gasteiger partial charge in [0.15, 0.2) is 0 Å². The second-order valence-corrected chi connectivity index (χ2v) is 18.2. The van der Waals surface area contributed by atoms with Gasteiger partial charge in [-0.3, -0.25) is 9.48 Å². The molecule has 40 heavy (non-hydrogen) atoms. The van der Waals surface area contributed by atoms with Crippen LogP contribution in [0.25, 0.3) is 0 Å². The predicted molar refractivity (Wildman–Crippen MR) is 164 cm³/mol. The fraction of sp³-hybridized carbons (Fsp3) is 0.533. The monoisotopic (exact) mass is 627 g/mol. The van der Waals surface area contributed by atoms with Crippen molar-refractivity contribution in [2.75, 3.05) is 11.9 Å². The summed E-state index contributed by atoms with van der Waals surface area (Å²) >= 11 is 3.50. The third-order valence-corrected chi connectivity index (χ3v) is 15.0. The molecule has 3 aromatic rings. The minimum absolute atomic E-state index is 0.0240. The lowest BCUT2D eigenvalue weighted by Crippen LogP contribution is -2.51. The second-order valence-electron chi connectivity index (χ2n) is 11.9. The van der Waals surface area contributed by atoms with Gasteiger partial charge in [-0.25, -0.2) is 9.97 Å². The SMILES string of the molecule is CC(C)[Si](O[C@H]1C[C@H](Nc2ncncc2C(=O)c2ccn(Cc3cccc(Br)c3)n2)C[C@@H]1CO)(C(C)C)C(C)C. The first kappa shape index (κ1) is 30.6. The van der Waals surface area contributed by atoms with Crippen LogP contribution in [0.15, 0.2) is 53.5 Å². The largest absolute Gasteiger partial charge is 0.413 e. The Bertz CT molecular complexity index is 1280. The Hall–Kier alpha value is -2.40. The molecule has 2 heterocycles. The lowest BCUT2D eigenvalue weighted by Gasteiger charge is -2.45. The molecule has 3 atom stereocenters. The van der Waals surface area contributed by atoms with E-state index in [1.165, 1.54) is 6.33 Å². The zero-order valence-corrected chi connectivity index (χ0v) is 26.9. The summed E-state index contributed by atoms with van der Waals surface area (Å²) in [7, 11) is -2.11. The highest BCUT2D eigenvalue weighted by Crippen LogP contribution is 2.46. The van der Waals surface area contributed by atoms with E-state index in [0.717, 1.165) is 22.9 Å². The molecule has 8 nitrogen and oxygen atoms in total. The number of hydrogen-bond acceptors (Lipinski definition) is 7. The topological polar surface area (TPSA) is 102 Å². The number of aromatic nitrogens is 4. The molecule has 0 aliphatic heterocycles. The van der Waals surface area contributed by atoms with Gasteiger partial charge in [-0.15, -0.1) is 0 Å². The highest BCUT2D eigenvalue weighted by molar-refractivity contribution is 9.10. The highest BCUT2D eigenvalue weighted by Gasteiger charge is 2.49. The van der Waals surface area contributed by atoms with E-state index in [1.807, 2.05) is 30.5 Å². The maximum absolute atomic E-state index is 13.5. The third-order valence-electron chi connectivity index (χ3n) is 8.33. The van der Waals surface area contributed by atoms with E-state index in [4.69, 9.17) is 4.43 Å². The number of hydrogen-bond donors (Lipinski definition) is 2. The molecular formula is C30H42BrN5O3Si. The van der Waals surface area contributed by atoms with Crippen LogP contribution >= 0.6 is 15.9 Å². The van der Waals surface area contributed by atoms with Crippen LogP contribution in [-0.2, 0) is 11.0 Å². The van der Waals surface area contributed by atoms with Crippen molar-refractivity contribution in [3.63, 3.8) is 0 Å². The van der Waals surface area contributed by atoms with Gasteiger partial charge in [-0.1, -0.05) is 69.6 Å². The quantitative estimate of drug-likeness (QED) is 0.175. The van der Waals surface area contributed by atoms with Crippen molar-refractivity contribution < 1.29 is 14.3 Å². The van der Waals surface area contributed by atoms with Crippen LogP contribution in [0.2, 0.25) is 16.6 Å². The molecule has 0 amide bonds. The average Bonchev–Trinajstić information content (AvgIpc) is 3.53. The Morgan fingerprint density at radius 1 is 1.15 bits per heavy atom. The second kappa shape index (κ2) is 13.1. The molecule has 1 aliphatic rings. The van der Waals surface area contributed by atoms with Crippen molar-refractivity contribution in [3.8, 4) is 0 Å². The molecule has 0 unspecified atom stereocenters. The summed E-state index contributed by atoms with van der Waals surface area (Å²) in [4.78, 5) is 22.1. The Balaban J connectivity index is 1.49. The van der Waals surface area contributed by atoms with Gasteiger partial charge in [-0.05, 0) is 53.2 Å². The number of nitrogens with one attached hydrogen (secondary N) is 1. The number of benzene rings is 1. The van der Waals surface area contributed by atoms with Gasteiger partial charge < -0.3 is 14.8 Å². The number of aliphatic hydroxyl groups excluding tert-OH is 1. The van der Waals surface area contributed by atoms with E-state index in [-0.39, 0.29) is 30.5 Å². The fourth-order valence-electron chi connectivity index (χ4n) is 6.55. The molecule has 0 radical (unpaired) electrons. The van der Waals surface area contributed by atoms with E-state index >= 15 is 0 Å². The summed E-state index contributed by atoms with van der Waals surface area (Å²) in [5.41, 5.74) is 3.21. The molecule has 1 aliphatic carbocycles. The lowest BCUT2D eigenvalue weighted by molar-refractivity contribution is 0.0941. The number of rotatable bonds is 12. The first-order valence-electron chi connectivity index (χ1n) is 14.2. The van der Waals surface area contributed by atoms with E-state index in [1.54, 1.807) is 16.9 Å². The summed E-state index contributed by atoms with van der Waals surface area (Å²) in [5, 5.41) is 18.3. The standard InChI is InChI=1S/C30H42BrN5O3Si/c1-19(2)40(20(3)4,21(5)6)39-28-14-25(13-23(28)17-37)34-30-26(15-32-18-33-30)29(38)27-10-11-36(35-27)16-22-8-7-9-24(31)12-22/h7-12,15,18-21,23,25,28,37H,13-14,16-17H2,1-6H3,(H,32,33,34)/t23-,25-,28+/m1/s1. The maximum Gasteiger partial charge on any atom is 0.218 e. The van der Waals surface area contributed by atoms with E-state index in [2.05, 4.69) is 77.9 Å². The van der Waals surface area contributed by atoms with Crippen LogP contribution in [0, 0.1) is 5.92 Å². The van der Waals surface area contributed by atoms with E-state index < -0.39 is 8.32 Å². The summed E-state index contributed by atoms with van der Waals surface area (Å²) in [6.07, 6.45) is 6.28. The molecule has 1 saturated carbocycles. The highest BCUT2D eigenvalue weighted by atomic mass is 79.9. The maximum atomic E-state index is 13.5. The molecule has 2 aromatic heterocycles. The van der Waals surface area contributed by atoms with Crippen molar-refractivity contribution in [2.45, 2.75) is 89.7 Å². The number of carbonyl (C=O) groups is 1. The van der Waals surface area contributed by atoms with Gasteiger partial charge in [-0.2, -0.15) is 5.10 Å². The van der Waals surface area contributed by atoms with Gasteiger partial charge in [0, 0.05) is 35.4 Å². The number of aliphatic hydroxyl groups is 1. The normalized spacial score (nSPS) is 19.6. The molecular weight excluding hydrogens is 586 g/mol. The fourth-order valence-corrected chi connectivity index (χ4v) is 12.6. The summed E-state index contributed by atoms with van der Waals surface area (Å²) in [6.45, 7) is 14.3. The van der Waals surface area contributed by atoms with E-state index in [9.17, 15) is 9.90 Å². The Morgan fingerprint density at radius 2 is 1.88 bits per heavy atom. The van der Waals surface area contributed by atoms with E-state index in [0.29, 0.717) is 40.2 Å². The first-order valence-corrected chi connectivity index (χ1v) is 17.2. The third kappa shape index (κ3) is 6.56. The van der Waals surface area contributed by atoms with Gasteiger partial charge in [0.05, 0.1) is 18.2 Å². The smallest absolute Gasteiger partial charge is 0.218 e. The molecule has 0 spiro atoms. The number of nitrogens with zero attached hydrogens (tertiary/aromatic N) is 4. The number of halogens is 1. The minimum atomic E-state index is -2.11. The summed E-state index contributed by atoms with van der Waals surface area (Å²) in [6, 6.07) is 9.76. The molecule has 2 N–H and O–H groups in total. The molecule has 216 valence electrons. The van der Waals surface area contributed by atoms with Crippen molar-refractivity contribution >= 4 is 35.8 Å². The van der Waals surface area contributed by atoms with Crippen LogP contribution in [0.3, 0.4) is 0 Å². The van der Waals surface area contributed by atoms with Crippen molar-refractivity contribution in [2.24, 2.45) is 5.92 Å². The van der Waals surface area contributed by atoms with Crippen molar-refractivity contribution in [3.05, 3.63) is 70.3 Å². The van der Waals surface area contributed by atoms with Crippen molar-refractivity contribution in [1.29, 1.82) is 0 Å². The first-order chi connectivity index (χ1) is 19.0. The van der Waals surface area contributed by atoms with Gasteiger partial charge in [0.25, 0.3) is 0 Å². The average molecular weight is 629 g/mol. The Morgan fingerprint density at radius 3 is 2.52 bits per heavy atom. The molecule has 1 aromatic carbocycles. The number of carbonyl (C=O) groups excluding carboxylic acids is 1. The molecule has 0 bridgehead atoms. The lowest BCUT2D eigenvalue weighted by atomic mass is 10.1. The van der Waals surface area contributed by atoms with Gasteiger partial charge in [0.1, 0.15) is 17.8 Å². The number of anilines is 1. The van der Waals surface area contributed by atoms with Crippen LogP contribution in [0.1, 0.15) is 76.0 Å². The molecule has 4 rings (SSSR count). The van der Waals surface area contributed by atoms with Crippen LogP contribution in [0.5, 0.6) is 0 Å². The summed E-state index contributed by atoms with van der Waals surface area (Å²) in [5.74, 6) is 0.297. The Kier molecular flexibility index (Phi) is 9.97. The zero-order valence-electron chi connectivity index (χ0n) is 24.3. The van der Waals surface area contributed by atoms with Crippen LogP contribution < -0.4 is 5.32 Å². The zero-order chi connectivity index (χ0) is 29.0. The number of ketones is 1. The summed E-state index contributed by atoms with van der Waals surface area (Å²) < 4.78 is 9.84. The molecule has 10 heteroatoms. The minimum Gasteiger partial charge on any atom is -0.413 e. The molecule has 1 fully saturated rings. The van der Waals surface area contributed by atoms with Gasteiger partial charge in [0.2, 0.25) is 14.1 Å². The van der Waals surface area contributed by atoms with Gasteiger partial charge >= 0.3 is 0 Å².